The average molecular weight is 443 g/mol. The molecule has 2 aromatic rings. The smallest absolute Gasteiger partial charge is 0.270 e. The SMILES string of the molecule is N#CCN1CCC[C@H](c2cccc(Nc3nc(C(=O)NC[C@@H]4COCCO4)cs3)n2)C1. The largest absolute Gasteiger partial charge is 0.376 e. The molecule has 1 amide bonds. The predicted molar refractivity (Wildman–Crippen MR) is 117 cm³/mol. The Bertz CT molecular complexity index is 924. The monoisotopic (exact) mass is 442 g/mol. The highest BCUT2D eigenvalue weighted by molar-refractivity contribution is 7.14. The van der Waals surface area contributed by atoms with E-state index in [9.17, 15) is 4.79 Å². The van der Waals surface area contributed by atoms with Crippen LogP contribution in [0.5, 0.6) is 0 Å². The molecule has 2 fully saturated rings. The number of likely N-dealkylation sites (tertiary alicyclic amines) is 1. The molecule has 9 nitrogen and oxygen atoms in total. The second kappa shape index (κ2) is 10.6. The van der Waals surface area contributed by atoms with Crippen molar-refractivity contribution in [2.45, 2.75) is 24.9 Å². The number of nitriles is 1. The molecule has 4 heterocycles. The summed E-state index contributed by atoms with van der Waals surface area (Å²) in [5, 5.41) is 17.3. The standard InChI is InChI=1S/C21H26N6O3S/c22-6-8-27-7-2-3-15(12-27)17-4-1-5-19(24-17)26-21-25-18(14-31-21)20(28)23-11-16-13-29-9-10-30-16/h1,4-5,14-16H,2-3,7-13H2,(H,23,28)(H,24,25,26)/t15-,16+/m0/s1. The van der Waals surface area contributed by atoms with Gasteiger partial charge in [0.2, 0.25) is 0 Å². The lowest BCUT2D eigenvalue weighted by molar-refractivity contribution is -0.0855. The number of nitrogens with zero attached hydrogens (tertiary/aromatic N) is 4. The molecule has 0 spiro atoms. The van der Waals surface area contributed by atoms with E-state index in [-0.39, 0.29) is 12.0 Å². The molecule has 164 valence electrons. The van der Waals surface area contributed by atoms with Gasteiger partial charge in [0.25, 0.3) is 5.91 Å². The first-order valence-corrected chi connectivity index (χ1v) is 11.4. The summed E-state index contributed by atoms with van der Waals surface area (Å²) >= 11 is 1.36. The van der Waals surface area contributed by atoms with Gasteiger partial charge >= 0.3 is 0 Å². The number of carbonyl (C=O) groups is 1. The maximum Gasteiger partial charge on any atom is 0.270 e. The number of pyridine rings is 1. The number of hydrogen-bond donors (Lipinski definition) is 2. The van der Waals surface area contributed by atoms with Gasteiger partial charge in [-0.05, 0) is 31.5 Å². The van der Waals surface area contributed by atoms with Crippen LogP contribution in [0.4, 0.5) is 10.9 Å². The fraction of sp³-hybridized carbons (Fsp3) is 0.524. The Balaban J connectivity index is 1.33. The van der Waals surface area contributed by atoms with Crippen molar-refractivity contribution in [3.63, 3.8) is 0 Å². The summed E-state index contributed by atoms with van der Waals surface area (Å²) in [5.74, 6) is 0.774. The third kappa shape index (κ3) is 5.98. The fourth-order valence-corrected chi connectivity index (χ4v) is 4.48. The van der Waals surface area contributed by atoms with Gasteiger partial charge in [-0.2, -0.15) is 5.26 Å². The van der Waals surface area contributed by atoms with Crippen LogP contribution >= 0.6 is 11.3 Å². The Hall–Kier alpha value is -2.58. The first-order chi connectivity index (χ1) is 15.2. The lowest BCUT2D eigenvalue weighted by atomic mass is 9.94. The number of hydrogen-bond acceptors (Lipinski definition) is 9. The fourth-order valence-electron chi connectivity index (χ4n) is 3.79. The van der Waals surface area contributed by atoms with E-state index in [4.69, 9.17) is 19.7 Å². The molecular formula is C21H26N6O3S. The van der Waals surface area contributed by atoms with E-state index in [1.807, 2.05) is 18.2 Å². The molecule has 2 saturated heterocycles. The summed E-state index contributed by atoms with van der Waals surface area (Å²) in [7, 11) is 0. The molecule has 0 bridgehead atoms. The van der Waals surface area contributed by atoms with Crippen LogP contribution in [0, 0.1) is 11.3 Å². The van der Waals surface area contributed by atoms with Crippen molar-refractivity contribution in [2.24, 2.45) is 0 Å². The van der Waals surface area contributed by atoms with Gasteiger partial charge in [-0.15, -0.1) is 11.3 Å². The lowest BCUT2D eigenvalue weighted by Crippen LogP contribution is -2.39. The lowest BCUT2D eigenvalue weighted by Gasteiger charge is -2.30. The minimum absolute atomic E-state index is 0.121. The van der Waals surface area contributed by atoms with E-state index >= 15 is 0 Å². The summed E-state index contributed by atoms with van der Waals surface area (Å²) in [6.45, 7) is 4.30. The molecule has 0 aliphatic carbocycles. The van der Waals surface area contributed by atoms with Crippen molar-refractivity contribution in [1.29, 1.82) is 5.26 Å². The van der Waals surface area contributed by atoms with Crippen molar-refractivity contribution in [2.75, 3.05) is 51.3 Å². The Kier molecular flexibility index (Phi) is 7.43. The van der Waals surface area contributed by atoms with E-state index in [1.54, 1.807) is 5.38 Å². The molecule has 10 heteroatoms. The number of rotatable bonds is 7. The summed E-state index contributed by atoms with van der Waals surface area (Å²) in [6, 6.07) is 8.13. The zero-order chi connectivity index (χ0) is 21.5. The molecule has 0 saturated carbocycles. The molecule has 0 aromatic carbocycles. The highest BCUT2D eigenvalue weighted by Gasteiger charge is 2.22. The average Bonchev–Trinajstić information content (AvgIpc) is 3.27. The Morgan fingerprint density at radius 3 is 3.13 bits per heavy atom. The predicted octanol–water partition coefficient (Wildman–Crippen LogP) is 2.13. The van der Waals surface area contributed by atoms with E-state index in [1.165, 1.54) is 11.3 Å². The number of carbonyl (C=O) groups excluding carboxylic acids is 1. The highest BCUT2D eigenvalue weighted by atomic mass is 32.1. The maximum atomic E-state index is 12.4. The summed E-state index contributed by atoms with van der Waals surface area (Å²) < 4.78 is 10.9. The third-order valence-electron chi connectivity index (χ3n) is 5.34. The van der Waals surface area contributed by atoms with Crippen LogP contribution in [0.1, 0.15) is 34.9 Å². The van der Waals surface area contributed by atoms with Gasteiger partial charge in [-0.1, -0.05) is 6.07 Å². The van der Waals surface area contributed by atoms with Crippen molar-refractivity contribution < 1.29 is 14.3 Å². The van der Waals surface area contributed by atoms with Gasteiger partial charge < -0.3 is 20.1 Å². The molecule has 2 aliphatic rings. The summed E-state index contributed by atoms with van der Waals surface area (Å²) in [4.78, 5) is 23.7. The summed E-state index contributed by atoms with van der Waals surface area (Å²) in [5.41, 5.74) is 1.37. The third-order valence-corrected chi connectivity index (χ3v) is 6.09. The molecule has 2 aromatic heterocycles. The normalized spacial score (nSPS) is 21.9. The van der Waals surface area contributed by atoms with E-state index in [0.29, 0.717) is 55.5 Å². The Labute approximate surface area is 185 Å². The number of aromatic nitrogens is 2. The Morgan fingerprint density at radius 2 is 2.29 bits per heavy atom. The van der Waals surface area contributed by atoms with Crippen LogP contribution in [-0.2, 0) is 9.47 Å². The number of amides is 1. The van der Waals surface area contributed by atoms with Crippen molar-refractivity contribution in [3.8, 4) is 6.07 Å². The van der Waals surface area contributed by atoms with Gasteiger partial charge in [0.1, 0.15) is 11.5 Å². The molecule has 2 N–H and O–H groups in total. The number of anilines is 2. The molecule has 0 radical (unpaired) electrons. The molecule has 4 rings (SSSR count). The number of nitrogens with one attached hydrogen (secondary N) is 2. The number of ether oxygens (including phenoxy) is 2. The Morgan fingerprint density at radius 1 is 1.35 bits per heavy atom. The van der Waals surface area contributed by atoms with Crippen LogP contribution in [0.3, 0.4) is 0 Å². The summed E-state index contributed by atoms with van der Waals surface area (Å²) in [6.07, 6.45) is 2.01. The van der Waals surface area contributed by atoms with Crippen molar-refractivity contribution in [1.82, 2.24) is 20.2 Å². The molecule has 2 atom stereocenters. The second-order valence-corrected chi connectivity index (χ2v) is 8.48. The topological polar surface area (TPSA) is 112 Å². The number of piperidine rings is 1. The molecule has 0 unspecified atom stereocenters. The van der Waals surface area contributed by atoms with Gasteiger partial charge in [-0.25, -0.2) is 9.97 Å². The first kappa shape index (κ1) is 21.6. The first-order valence-electron chi connectivity index (χ1n) is 10.5. The second-order valence-electron chi connectivity index (χ2n) is 7.62. The maximum absolute atomic E-state index is 12.4. The van der Waals surface area contributed by atoms with Crippen LogP contribution < -0.4 is 10.6 Å². The van der Waals surface area contributed by atoms with Crippen molar-refractivity contribution in [3.05, 3.63) is 35.0 Å². The van der Waals surface area contributed by atoms with Gasteiger partial charge in [-0.3, -0.25) is 9.69 Å². The number of thiazole rings is 1. The minimum atomic E-state index is -0.236. The van der Waals surface area contributed by atoms with E-state index in [2.05, 4.69) is 26.6 Å². The minimum Gasteiger partial charge on any atom is -0.376 e. The van der Waals surface area contributed by atoms with Crippen LogP contribution in [0.2, 0.25) is 0 Å². The highest BCUT2D eigenvalue weighted by Crippen LogP contribution is 2.27. The van der Waals surface area contributed by atoms with E-state index in [0.717, 1.165) is 31.6 Å². The van der Waals surface area contributed by atoms with Crippen LogP contribution in [0.25, 0.3) is 0 Å². The molecule has 2 aliphatic heterocycles. The zero-order valence-corrected chi connectivity index (χ0v) is 18.1. The van der Waals surface area contributed by atoms with E-state index < -0.39 is 0 Å². The van der Waals surface area contributed by atoms with Gasteiger partial charge in [0, 0.05) is 30.1 Å². The van der Waals surface area contributed by atoms with Crippen molar-refractivity contribution >= 4 is 28.2 Å². The molecular weight excluding hydrogens is 416 g/mol. The van der Waals surface area contributed by atoms with Crippen LogP contribution in [-0.4, -0.2) is 72.9 Å². The van der Waals surface area contributed by atoms with Gasteiger partial charge in [0.15, 0.2) is 5.13 Å². The quantitative estimate of drug-likeness (QED) is 0.627. The van der Waals surface area contributed by atoms with Crippen LogP contribution in [0.15, 0.2) is 23.6 Å². The van der Waals surface area contributed by atoms with Gasteiger partial charge in [0.05, 0.1) is 38.5 Å². The zero-order valence-electron chi connectivity index (χ0n) is 17.2. The molecule has 31 heavy (non-hydrogen) atoms.